The lowest BCUT2D eigenvalue weighted by atomic mass is 10.0. The molecule has 0 heterocycles. The summed E-state index contributed by atoms with van der Waals surface area (Å²) in [5.74, 6) is 0.759. The standard InChI is InChI=1S/C17H28N2/c1-13(2)9-17(19(3)4)12-18-16-10-14-7-5-6-8-15(14)11-16/h5-8,13,16-18H,9-12H2,1-4H3. The molecule has 2 nitrogen and oxygen atoms in total. The fraction of sp³-hybridized carbons (Fsp3) is 0.647. The maximum Gasteiger partial charge on any atom is 0.0217 e. The van der Waals surface area contributed by atoms with Crippen LogP contribution < -0.4 is 5.32 Å². The zero-order chi connectivity index (χ0) is 13.8. The maximum absolute atomic E-state index is 3.77. The lowest BCUT2D eigenvalue weighted by molar-refractivity contribution is 0.241. The van der Waals surface area contributed by atoms with Crippen molar-refractivity contribution in [3.05, 3.63) is 35.4 Å². The van der Waals surface area contributed by atoms with Crippen LogP contribution in [-0.2, 0) is 12.8 Å². The van der Waals surface area contributed by atoms with E-state index in [0.717, 1.165) is 12.5 Å². The van der Waals surface area contributed by atoms with E-state index >= 15 is 0 Å². The van der Waals surface area contributed by atoms with Gasteiger partial charge in [0.15, 0.2) is 0 Å². The topological polar surface area (TPSA) is 15.3 Å². The van der Waals surface area contributed by atoms with Gasteiger partial charge in [-0.25, -0.2) is 0 Å². The average Bonchev–Trinajstić information content (AvgIpc) is 2.76. The third-order valence-electron chi connectivity index (χ3n) is 4.17. The molecule has 1 aliphatic rings. The second-order valence-corrected chi connectivity index (χ2v) is 6.53. The molecule has 0 saturated carbocycles. The van der Waals surface area contributed by atoms with Crippen LogP contribution in [0.3, 0.4) is 0 Å². The van der Waals surface area contributed by atoms with Crippen LogP contribution in [0.4, 0.5) is 0 Å². The Morgan fingerprint density at radius 1 is 1.16 bits per heavy atom. The Kier molecular flexibility index (Phi) is 5.00. The van der Waals surface area contributed by atoms with Crippen LogP contribution in [0.1, 0.15) is 31.4 Å². The second kappa shape index (κ2) is 6.53. The highest BCUT2D eigenvalue weighted by Gasteiger charge is 2.22. The van der Waals surface area contributed by atoms with Gasteiger partial charge in [-0.05, 0) is 50.4 Å². The number of benzene rings is 1. The average molecular weight is 260 g/mol. The molecule has 1 N–H and O–H groups in total. The van der Waals surface area contributed by atoms with E-state index in [1.165, 1.54) is 30.4 Å². The molecule has 0 fully saturated rings. The van der Waals surface area contributed by atoms with Crippen LogP contribution in [0, 0.1) is 5.92 Å². The molecular weight excluding hydrogens is 232 g/mol. The van der Waals surface area contributed by atoms with E-state index < -0.39 is 0 Å². The largest absolute Gasteiger partial charge is 0.312 e. The van der Waals surface area contributed by atoms with Gasteiger partial charge >= 0.3 is 0 Å². The molecule has 1 aliphatic carbocycles. The number of hydrogen-bond acceptors (Lipinski definition) is 2. The van der Waals surface area contributed by atoms with Gasteiger partial charge in [-0.2, -0.15) is 0 Å². The van der Waals surface area contributed by atoms with Crippen molar-refractivity contribution in [3.8, 4) is 0 Å². The van der Waals surface area contributed by atoms with Crippen LogP contribution in [0.15, 0.2) is 24.3 Å². The Morgan fingerprint density at radius 3 is 2.21 bits per heavy atom. The number of nitrogens with one attached hydrogen (secondary N) is 1. The maximum atomic E-state index is 3.77. The van der Waals surface area contributed by atoms with Gasteiger partial charge in [0.2, 0.25) is 0 Å². The molecule has 0 amide bonds. The first-order valence-electron chi connectivity index (χ1n) is 7.53. The van der Waals surface area contributed by atoms with E-state index in [2.05, 4.69) is 62.4 Å². The highest BCUT2D eigenvalue weighted by molar-refractivity contribution is 5.33. The first kappa shape index (κ1) is 14.5. The zero-order valence-corrected chi connectivity index (χ0v) is 12.8. The molecule has 0 saturated heterocycles. The summed E-state index contributed by atoms with van der Waals surface area (Å²) >= 11 is 0. The Bertz CT molecular complexity index is 373. The number of hydrogen-bond donors (Lipinski definition) is 1. The minimum atomic E-state index is 0.631. The number of rotatable bonds is 6. The Hall–Kier alpha value is -0.860. The fourth-order valence-electron chi connectivity index (χ4n) is 3.03. The molecule has 1 aromatic rings. The fourth-order valence-corrected chi connectivity index (χ4v) is 3.03. The number of nitrogens with zero attached hydrogens (tertiary/aromatic N) is 1. The minimum Gasteiger partial charge on any atom is -0.312 e. The third-order valence-corrected chi connectivity index (χ3v) is 4.17. The molecule has 1 aromatic carbocycles. The van der Waals surface area contributed by atoms with Crippen LogP contribution in [0.2, 0.25) is 0 Å². The van der Waals surface area contributed by atoms with Crippen molar-refractivity contribution in [2.75, 3.05) is 20.6 Å². The lowest BCUT2D eigenvalue weighted by Gasteiger charge is -2.27. The zero-order valence-electron chi connectivity index (χ0n) is 12.8. The SMILES string of the molecule is CC(C)CC(CNC1Cc2ccccc2C1)N(C)C. The highest BCUT2D eigenvalue weighted by atomic mass is 15.1. The van der Waals surface area contributed by atoms with Gasteiger partial charge in [-0.1, -0.05) is 38.1 Å². The van der Waals surface area contributed by atoms with Crippen molar-refractivity contribution < 1.29 is 0 Å². The monoisotopic (exact) mass is 260 g/mol. The second-order valence-electron chi connectivity index (χ2n) is 6.53. The quantitative estimate of drug-likeness (QED) is 0.846. The Labute approximate surface area is 118 Å². The van der Waals surface area contributed by atoms with Gasteiger partial charge in [0.1, 0.15) is 0 Å². The van der Waals surface area contributed by atoms with Gasteiger partial charge in [0.25, 0.3) is 0 Å². The summed E-state index contributed by atoms with van der Waals surface area (Å²) in [5, 5.41) is 3.77. The van der Waals surface area contributed by atoms with E-state index in [1.807, 2.05) is 0 Å². The third kappa shape index (κ3) is 4.05. The van der Waals surface area contributed by atoms with E-state index in [4.69, 9.17) is 0 Å². The summed E-state index contributed by atoms with van der Waals surface area (Å²) in [5.41, 5.74) is 3.07. The Morgan fingerprint density at radius 2 is 1.74 bits per heavy atom. The van der Waals surface area contributed by atoms with Crippen molar-refractivity contribution >= 4 is 0 Å². The molecular formula is C17H28N2. The summed E-state index contributed by atoms with van der Waals surface area (Å²) in [7, 11) is 4.39. The normalized spacial score (nSPS) is 17.2. The highest BCUT2D eigenvalue weighted by Crippen LogP contribution is 2.21. The summed E-state index contributed by atoms with van der Waals surface area (Å²) in [6.45, 7) is 5.72. The molecule has 0 aromatic heterocycles. The number of fused-ring (bicyclic) bond motifs is 1. The molecule has 0 bridgehead atoms. The summed E-state index contributed by atoms with van der Waals surface area (Å²) < 4.78 is 0. The van der Waals surface area contributed by atoms with E-state index in [0.29, 0.717) is 12.1 Å². The van der Waals surface area contributed by atoms with Crippen molar-refractivity contribution in [1.82, 2.24) is 10.2 Å². The van der Waals surface area contributed by atoms with Crippen molar-refractivity contribution in [2.24, 2.45) is 5.92 Å². The van der Waals surface area contributed by atoms with Gasteiger partial charge < -0.3 is 10.2 Å². The smallest absolute Gasteiger partial charge is 0.0217 e. The molecule has 0 spiro atoms. The Balaban J connectivity index is 1.83. The molecule has 0 radical (unpaired) electrons. The van der Waals surface area contributed by atoms with Crippen molar-refractivity contribution in [2.45, 2.75) is 45.2 Å². The molecule has 1 unspecified atom stereocenters. The van der Waals surface area contributed by atoms with E-state index in [1.54, 1.807) is 0 Å². The molecule has 19 heavy (non-hydrogen) atoms. The van der Waals surface area contributed by atoms with Crippen molar-refractivity contribution in [1.29, 1.82) is 0 Å². The molecule has 2 rings (SSSR count). The number of likely N-dealkylation sites (N-methyl/N-ethyl adjacent to an activating group) is 1. The first-order valence-corrected chi connectivity index (χ1v) is 7.53. The molecule has 0 aliphatic heterocycles. The van der Waals surface area contributed by atoms with Gasteiger partial charge in [-0.15, -0.1) is 0 Å². The van der Waals surface area contributed by atoms with Gasteiger partial charge in [0, 0.05) is 18.6 Å². The molecule has 1 atom stereocenters. The predicted octanol–water partition coefficient (Wildman–Crippen LogP) is 2.72. The van der Waals surface area contributed by atoms with E-state index in [-0.39, 0.29) is 0 Å². The van der Waals surface area contributed by atoms with Gasteiger partial charge in [0.05, 0.1) is 0 Å². The van der Waals surface area contributed by atoms with Gasteiger partial charge in [-0.3, -0.25) is 0 Å². The minimum absolute atomic E-state index is 0.631. The summed E-state index contributed by atoms with van der Waals surface area (Å²) in [6, 6.07) is 10.1. The van der Waals surface area contributed by atoms with Crippen LogP contribution in [0.25, 0.3) is 0 Å². The summed E-state index contributed by atoms with van der Waals surface area (Å²) in [4.78, 5) is 2.36. The van der Waals surface area contributed by atoms with Crippen molar-refractivity contribution in [3.63, 3.8) is 0 Å². The first-order chi connectivity index (χ1) is 9.06. The lowest BCUT2D eigenvalue weighted by Crippen LogP contribution is -2.43. The van der Waals surface area contributed by atoms with Crippen LogP contribution in [-0.4, -0.2) is 37.6 Å². The summed E-state index contributed by atoms with van der Waals surface area (Å²) in [6.07, 6.45) is 3.65. The molecule has 106 valence electrons. The predicted molar refractivity (Wildman–Crippen MR) is 82.6 cm³/mol. The van der Waals surface area contributed by atoms with Crippen LogP contribution >= 0.6 is 0 Å². The van der Waals surface area contributed by atoms with Crippen LogP contribution in [0.5, 0.6) is 0 Å². The molecule has 2 heteroatoms. The van der Waals surface area contributed by atoms with E-state index in [9.17, 15) is 0 Å².